The highest BCUT2D eigenvalue weighted by atomic mass is 32.2. The molecule has 0 atom stereocenters. The molecule has 0 radical (unpaired) electrons. The Balaban J connectivity index is 2.78. The molecule has 1 aromatic rings. The third-order valence-electron chi connectivity index (χ3n) is 3.48. The number of hydrogen-bond donors (Lipinski definition) is 0. The summed E-state index contributed by atoms with van der Waals surface area (Å²) in [5.74, 6) is 0. The lowest BCUT2D eigenvalue weighted by Gasteiger charge is -2.39. The van der Waals surface area contributed by atoms with Crippen LogP contribution in [0.4, 0.5) is 5.69 Å². The minimum atomic E-state index is -3.23. The first-order valence-electron chi connectivity index (χ1n) is 5.89. The van der Waals surface area contributed by atoms with Gasteiger partial charge in [-0.05, 0) is 31.9 Å². The first-order chi connectivity index (χ1) is 7.81. The van der Waals surface area contributed by atoms with Crippen LogP contribution in [0.3, 0.4) is 0 Å². The minimum absolute atomic E-state index is 0.482. The molecule has 0 bridgehead atoms. The number of nitrogens with zero attached hydrogens (tertiary/aromatic N) is 1. The number of aryl methyl sites for hydroxylation is 1. The fraction of sp³-hybridized carbons (Fsp3) is 0.538. The summed E-state index contributed by atoms with van der Waals surface area (Å²) in [5.41, 5.74) is 1.98. The van der Waals surface area contributed by atoms with Crippen LogP contribution >= 0.6 is 0 Å². The third kappa shape index (κ3) is 1.66. The highest BCUT2D eigenvalue weighted by molar-refractivity contribution is 7.93. The standard InChI is InChI=1S/C13H19NO2S/c1-5-10-7-6-8-11-12(10)14(4)9-13(2,3)17(11,15)16/h6-8H,5,9H2,1-4H3. The molecule has 1 heterocycles. The van der Waals surface area contributed by atoms with Gasteiger partial charge in [0.2, 0.25) is 0 Å². The zero-order valence-electron chi connectivity index (χ0n) is 10.8. The molecule has 0 saturated heterocycles. The van der Waals surface area contributed by atoms with Crippen LogP contribution in [0.2, 0.25) is 0 Å². The van der Waals surface area contributed by atoms with Crippen molar-refractivity contribution in [3.8, 4) is 0 Å². The Morgan fingerprint density at radius 3 is 2.59 bits per heavy atom. The molecule has 0 unspecified atom stereocenters. The summed E-state index contributed by atoms with van der Waals surface area (Å²) < 4.78 is 24.3. The minimum Gasteiger partial charge on any atom is -0.372 e. The lowest BCUT2D eigenvalue weighted by Crippen LogP contribution is -2.47. The van der Waals surface area contributed by atoms with Crippen molar-refractivity contribution in [2.45, 2.75) is 36.8 Å². The lowest BCUT2D eigenvalue weighted by atomic mass is 10.1. The molecule has 0 spiro atoms. The maximum Gasteiger partial charge on any atom is 0.187 e. The quantitative estimate of drug-likeness (QED) is 0.770. The summed E-state index contributed by atoms with van der Waals surface area (Å²) >= 11 is 0. The van der Waals surface area contributed by atoms with E-state index in [9.17, 15) is 8.42 Å². The molecule has 1 aliphatic rings. The van der Waals surface area contributed by atoms with Gasteiger partial charge >= 0.3 is 0 Å². The zero-order chi connectivity index (χ0) is 12.8. The summed E-state index contributed by atoms with van der Waals surface area (Å²) in [4.78, 5) is 2.55. The van der Waals surface area contributed by atoms with Gasteiger partial charge in [-0.2, -0.15) is 0 Å². The molecule has 0 amide bonds. The van der Waals surface area contributed by atoms with Gasteiger partial charge in [0.25, 0.3) is 0 Å². The maximum absolute atomic E-state index is 12.5. The number of sulfone groups is 1. The van der Waals surface area contributed by atoms with E-state index in [-0.39, 0.29) is 0 Å². The summed E-state index contributed by atoms with van der Waals surface area (Å²) in [6.07, 6.45) is 0.851. The van der Waals surface area contributed by atoms with Crippen LogP contribution in [0, 0.1) is 0 Å². The van der Waals surface area contributed by atoms with Crippen LogP contribution in [0.25, 0.3) is 0 Å². The number of rotatable bonds is 1. The number of hydrogen-bond acceptors (Lipinski definition) is 3. The van der Waals surface area contributed by atoms with Crippen molar-refractivity contribution < 1.29 is 8.42 Å². The lowest BCUT2D eigenvalue weighted by molar-refractivity contribution is 0.534. The number of fused-ring (bicyclic) bond motifs is 1. The van der Waals surface area contributed by atoms with E-state index < -0.39 is 14.6 Å². The molecular weight excluding hydrogens is 234 g/mol. The van der Waals surface area contributed by atoms with Crippen molar-refractivity contribution in [3.63, 3.8) is 0 Å². The Bertz CT molecular complexity index is 547. The van der Waals surface area contributed by atoms with Crippen LogP contribution < -0.4 is 4.90 Å². The summed E-state index contributed by atoms with van der Waals surface area (Å²) in [7, 11) is -1.26. The summed E-state index contributed by atoms with van der Waals surface area (Å²) in [6.45, 7) is 6.18. The predicted octanol–water partition coefficient (Wildman–Crippen LogP) is 2.25. The maximum atomic E-state index is 12.5. The van der Waals surface area contributed by atoms with Gasteiger partial charge < -0.3 is 4.90 Å². The second-order valence-corrected chi connectivity index (χ2v) is 7.79. The predicted molar refractivity (Wildman–Crippen MR) is 70.4 cm³/mol. The molecule has 2 rings (SSSR count). The number of para-hydroxylation sites is 1. The van der Waals surface area contributed by atoms with Crippen molar-refractivity contribution in [2.24, 2.45) is 0 Å². The second kappa shape index (κ2) is 3.73. The van der Waals surface area contributed by atoms with E-state index in [1.807, 2.05) is 19.2 Å². The summed E-state index contributed by atoms with van der Waals surface area (Å²) in [6, 6.07) is 5.56. The van der Waals surface area contributed by atoms with Crippen LogP contribution in [0.1, 0.15) is 26.3 Å². The van der Waals surface area contributed by atoms with E-state index in [0.29, 0.717) is 11.4 Å². The smallest absolute Gasteiger partial charge is 0.187 e. The molecule has 1 aliphatic heterocycles. The van der Waals surface area contributed by atoms with Crippen molar-refractivity contribution >= 4 is 15.5 Å². The topological polar surface area (TPSA) is 37.4 Å². The Morgan fingerprint density at radius 1 is 1.35 bits per heavy atom. The SMILES string of the molecule is CCc1cccc2c1N(C)CC(C)(C)S2(=O)=O. The Labute approximate surface area is 103 Å². The van der Waals surface area contributed by atoms with Crippen LogP contribution in [0.15, 0.2) is 23.1 Å². The first kappa shape index (κ1) is 12.4. The fourth-order valence-electron chi connectivity index (χ4n) is 2.54. The van der Waals surface area contributed by atoms with Crippen LogP contribution in [-0.2, 0) is 16.3 Å². The zero-order valence-corrected chi connectivity index (χ0v) is 11.6. The van der Waals surface area contributed by atoms with Gasteiger partial charge in [0.15, 0.2) is 9.84 Å². The molecule has 0 fully saturated rings. The molecule has 1 aromatic carbocycles. The van der Waals surface area contributed by atoms with Crippen LogP contribution in [-0.4, -0.2) is 26.8 Å². The van der Waals surface area contributed by atoms with Crippen molar-refractivity contribution in [3.05, 3.63) is 23.8 Å². The molecule has 4 heteroatoms. The van der Waals surface area contributed by atoms with E-state index in [1.165, 1.54) is 0 Å². The van der Waals surface area contributed by atoms with Crippen molar-refractivity contribution in [2.75, 3.05) is 18.5 Å². The van der Waals surface area contributed by atoms with E-state index in [4.69, 9.17) is 0 Å². The fourth-order valence-corrected chi connectivity index (χ4v) is 4.29. The molecule has 17 heavy (non-hydrogen) atoms. The summed E-state index contributed by atoms with van der Waals surface area (Å²) in [5, 5.41) is 0. The number of anilines is 1. The number of benzene rings is 1. The van der Waals surface area contributed by atoms with Gasteiger partial charge in [0.1, 0.15) is 0 Å². The normalized spacial score (nSPS) is 21.1. The van der Waals surface area contributed by atoms with Crippen molar-refractivity contribution in [1.82, 2.24) is 0 Å². The van der Waals surface area contributed by atoms with E-state index >= 15 is 0 Å². The van der Waals surface area contributed by atoms with Gasteiger partial charge in [-0.25, -0.2) is 8.42 Å². The first-order valence-corrected chi connectivity index (χ1v) is 7.37. The van der Waals surface area contributed by atoms with E-state index in [1.54, 1.807) is 19.9 Å². The average molecular weight is 253 g/mol. The molecule has 0 saturated carbocycles. The van der Waals surface area contributed by atoms with Gasteiger partial charge in [0, 0.05) is 13.6 Å². The van der Waals surface area contributed by atoms with Crippen molar-refractivity contribution in [1.29, 1.82) is 0 Å². The largest absolute Gasteiger partial charge is 0.372 e. The van der Waals surface area contributed by atoms with Gasteiger partial charge in [-0.3, -0.25) is 0 Å². The van der Waals surface area contributed by atoms with E-state index in [0.717, 1.165) is 17.7 Å². The van der Waals surface area contributed by atoms with Crippen LogP contribution in [0.5, 0.6) is 0 Å². The third-order valence-corrected chi connectivity index (χ3v) is 5.97. The molecule has 0 N–H and O–H groups in total. The van der Waals surface area contributed by atoms with Gasteiger partial charge in [-0.15, -0.1) is 0 Å². The molecule has 0 aromatic heterocycles. The highest BCUT2D eigenvalue weighted by Gasteiger charge is 2.43. The average Bonchev–Trinajstić information content (AvgIpc) is 2.25. The molecule has 0 aliphatic carbocycles. The Morgan fingerprint density at radius 2 is 2.00 bits per heavy atom. The van der Waals surface area contributed by atoms with E-state index in [2.05, 4.69) is 11.8 Å². The second-order valence-electron chi connectivity index (χ2n) is 5.24. The Kier molecular flexibility index (Phi) is 2.73. The van der Waals surface area contributed by atoms with Gasteiger partial charge in [0.05, 0.1) is 15.3 Å². The highest BCUT2D eigenvalue weighted by Crippen LogP contribution is 2.40. The van der Waals surface area contributed by atoms with Gasteiger partial charge in [-0.1, -0.05) is 19.1 Å². The molecule has 3 nitrogen and oxygen atoms in total. The Hall–Kier alpha value is -1.03. The molecular formula is C13H19NO2S. The molecule has 94 valence electrons. The monoisotopic (exact) mass is 253 g/mol.